The number of anilines is 1. The molecular weight excluding hydrogens is 243 g/mol. The largest absolute Gasteiger partial charge is 0.310 e. The lowest BCUT2D eigenvalue weighted by atomic mass is 10.0. The van der Waals surface area contributed by atoms with Crippen LogP contribution in [0.5, 0.6) is 0 Å². The van der Waals surface area contributed by atoms with Gasteiger partial charge in [-0.3, -0.25) is 4.79 Å². The standard InChI is InChI=1S/C15H15FN2O/c1-10-6-7-11(2)12(8-10)9-15(19)18-14-5-3-4-13(16)17-14/h3-8H,9H2,1-2H3,(H,17,18,19). The third-order valence-corrected chi connectivity index (χ3v) is 2.84. The summed E-state index contributed by atoms with van der Waals surface area (Å²) in [7, 11) is 0. The van der Waals surface area contributed by atoms with E-state index in [4.69, 9.17) is 0 Å². The van der Waals surface area contributed by atoms with Gasteiger partial charge in [0, 0.05) is 0 Å². The summed E-state index contributed by atoms with van der Waals surface area (Å²) in [6.07, 6.45) is 0.256. The highest BCUT2D eigenvalue weighted by Crippen LogP contribution is 2.12. The molecule has 1 heterocycles. The molecular formula is C15H15FN2O. The molecule has 0 aliphatic carbocycles. The van der Waals surface area contributed by atoms with E-state index in [-0.39, 0.29) is 18.1 Å². The van der Waals surface area contributed by atoms with Crippen molar-refractivity contribution in [3.8, 4) is 0 Å². The van der Waals surface area contributed by atoms with Crippen molar-refractivity contribution in [3.05, 3.63) is 59.0 Å². The quantitative estimate of drug-likeness (QED) is 0.860. The van der Waals surface area contributed by atoms with Gasteiger partial charge in [-0.25, -0.2) is 4.98 Å². The van der Waals surface area contributed by atoms with Crippen LogP contribution in [0, 0.1) is 19.8 Å². The normalized spacial score (nSPS) is 10.3. The Hall–Kier alpha value is -2.23. The lowest BCUT2D eigenvalue weighted by Crippen LogP contribution is -2.16. The fourth-order valence-corrected chi connectivity index (χ4v) is 1.83. The number of carbonyl (C=O) groups is 1. The highest BCUT2D eigenvalue weighted by atomic mass is 19.1. The SMILES string of the molecule is Cc1ccc(C)c(CC(=O)Nc2cccc(F)n2)c1. The van der Waals surface area contributed by atoms with Crippen LogP contribution in [0.1, 0.15) is 16.7 Å². The van der Waals surface area contributed by atoms with Crippen LogP contribution in [0.25, 0.3) is 0 Å². The molecule has 98 valence electrons. The molecule has 1 aromatic carbocycles. The number of carbonyl (C=O) groups excluding carboxylic acids is 1. The molecule has 0 unspecified atom stereocenters. The van der Waals surface area contributed by atoms with Gasteiger partial charge in [-0.15, -0.1) is 0 Å². The first-order valence-electron chi connectivity index (χ1n) is 6.03. The predicted molar refractivity (Wildman–Crippen MR) is 72.4 cm³/mol. The number of nitrogens with zero attached hydrogens (tertiary/aromatic N) is 1. The van der Waals surface area contributed by atoms with Crippen molar-refractivity contribution in [1.82, 2.24) is 4.98 Å². The van der Waals surface area contributed by atoms with Crippen LogP contribution in [0.4, 0.5) is 10.2 Å². The number of amides is 1. The van der Waals surface area contributed by atoms with Gasteiger partial charge in [0.2, 0.25) is 11.9 Å². The van der Waals surface area contributed by atoms with Crippen LogP contribution < -0.4 is 5.32 Å². The molecule has 1 aromatic heterocycles. The van der Waals surface area contributed by atoms with Gasteiger partial charge in [0.1, 0.15) is 5.82 Å². The Morgan fingerprint density at radius 3 is 2.79 bits per heavy atom. The second kappa shape index (κ2) is 5.61. The van der Waals surface area contributed by atoms with Crippen LogP contribution in [0.3, 0.4) is 0 Å². The molecule has 2 rings (SSSR count). The number of nitrogens with one attached hydrogen (secondary N) is 1. The van der Waals surface area contributed by atoms with Crippen LogP contribution in [-0.2, 0) is 11.2 Å². The number of rotatable bonds is 3. The van der Waals surface area contributed by atoms with E-state index >= 15 is 0 Å². The van der Waals surface area contributed by atoms with E-state index in [1.165, 1.54) is 12.1 Å². The lowest BCUT2D eigenvalue weighted by Gasteiger charge is -2.08. The van der Waals surface area contributed by atoms with Gasteiger partial charge in [0.05, 0.1) is 6.42 Å². The molecule has 2 aromatic rings. The summed E-state index contributed by atoms with van der Waals surface area (Å²) >= 11 is 0. The van der Waals surface area contributed by atoms with Crippen molar-refractivity contribution < 1.29 is 9.18 Å². The van der Waals surface area contributed by atoms with Gasteiger partial charge in [-0.2, -0.15) is 4.39 Å². The van der Waals surface area contributed by atoms with Gasteiger partial charge in [0.25, 0.3) is 0 Å². The summed E-state index contributed by atoms with van der Waals surface area (Å²) < 4.78 is 12.9. The fraction of sp³-hybridized carbons (Fsp3) is 0.200. The average molecular weight is 258 g/mol. The van der Waals surface area contributed by atoms with Crippen molar-refractivity contribution in [2.24, 2.45) is 0 Å². The van der Waals surface area contributed by atoms with Crippen molar-refractivity contribution in [2.45, 2.75) is 20.3 Å². The smallest absolute Gasteiger partial charge is 0.229 e. The first-order chi connectivity index (χ1) is 9.04. The zero-order chi connectivity index (χ0) is 13.8. The van der Waals surface area contributed by atoms with Gasteiger partial charge >= 0.3 is 0 Å². The summed E-state index contributed by atoms with van der Waals surface area (Å²) in [6, 6.07) is 10.3. The molecule has 0 spiro atoms. The number of benzene rings is 1. The number of aromatic nitrogens is 1. The second-order valence-electron chi connectivity index (χ2n) is 4.50. The van der Waals surface area contributed by atoms with E-state index in [0.717, 1.165) is 16.7 Å². The molecule has 0 bridgehead atoms. The zero-order valence-electron chi connectivity index (χ0n) is 10.9. The number of aryl methyl sites for hydroxylation is 2. The molecule has 4 heteroatoms. The molecule has 0 fully saturated rings. The maximum absolute atomic E-state index is 12.9. The molecule has 0 radical (unpaired) electrons. The van der Waals surface area contributed by atoms with Crippen LogP contribution in [0.15, 0.2) is 36.4 Å². The minimum Gasteiger partial charge on any atom is -0.310 e. The summed E-state index contributed by atoms with van der Waals surface area (Å²) in [4.78, 5) is 15.5. The van der Waals surface area contributed by atoms with Gasteiger partial charge in [-0.1, -0.05) is 29.8 Å². The van der Waals surface area contributed by atoms with Crippen LogP contribution in [0.2, 0.25) is 0 Å². The fourth-order valence-electron chi connectivity index (χ4n) is 1.83. The second-order valence-corrected chi connectivity index (χ2v) is 4.50. The molecule has 1 amide bonds. The lowest BCUT2D eigenvalue weighted by molar-refractivity contribution is -0.115. The molecule has 3 nitrogen and oxygen atoms in total. The number of hydrogen-bond donors (Lipinski definition) is 1. The monoisotopic (exact) mass is 258 g/mol. The first-order valence-corrected chi connectivity index (χ1v) is 6.03. The van der Waals surface area contributed by atoms with Gasteiger partial charge in [0.15, 0.2) is 0 Å². The van der Waals surface area contributed by atoms with Gasteiger partial charge in [-0.05, 0) is 37.1 Å². The number of hydrogen-bond acceptors (Lipinski definition) is 2. The van der Waals surface area contributed by atoms with E-state index in [1.54, 1.807) is 6.07 Å². The minimum absolute atomic E-state index is 0.202. The van der Waals surface area contributed by atoms with E-state index in [9.17, 15) is 9.18 Å². The number of halogens is 1. The topological polar surface area (TPSA) is 42.0 Å². The molecule has 0 aliphatic rings. The summed E-state index contributed by atoms with van der Waals surface area (Å²) in [5.74, 6) is -0.577. The van der Waals surface area contributed by atoms with E-state index < -0.39 is 5.95 Å². The van der Waals surface area contributed by atoms with E-state index in [1.807, 2.05) is 32.0 Å². The third-order valence-electron chi connectivity index (χ3n) is 2.84. The minimum atomic E-state index is -0.607. The Labute approximate surface area is 111 Å². The van der Waals surface area contributed by atoms with Crippen molar-refractivity contribution in [2.75, 3.05) is 5.32 Å². The zero-order valence-corrected chi connectivity index (χ0v) is 10.9. The molecule has 1 N–H and O–H groups in total. The van der Waals surface area contributed by atoms with Crippen LogP contribution in [-0.4, -0.2) is 10.9 Å². The predicted octanol–water partition coefficient (Wildman–Crippen LogP) is 3.02. The Morgan fingerprint density at radius 1 is 1.26 bits per heavy atom. The Kier molecular flexibility index (Phi) is 3.90. The molecule has 0 atom stereocenters. The molecule has 0 saturated heterocycles. The summed E-state index contributed by atoms with van der Waals surface area (Å²) in [6.45, 7) is 3.94. The van der Waals surface area contributed by atoms with Gasteiger partial charge < -0.3 is 5.32 Å². The van der Waals surface area contributed by atoms with E-state index in [0.29, 0.717) is 0 Å². The highest BCUT2D eigenvalue weighted by molar-refractivity contribution is 5.91. The van der Waals surface area contributed by atoms with Crippen LogP contribution >= 0.6 is 0 Å². The number of pyridine rings is 1. The Bertz CT molecular complexity index is 611. The summed E-state index contributed by atoms with van der Waals surface area (Å²) in [5.41, 5.74) is 3.14. The Balaban J connectivity index is 2.07. The Morgan fingerprint density at radius 2 is 2.05 bits per heavy atom. The van der Waals surface area contributed by atoms with E-state index in [2.05, 4.69) is 10.3 Å². The molecule has 19 heavy (non-hydrogen) atoms. The average Bonchev–Trinajstić information content (AvgIpc) is 2.34. The maximum Gasteiger partial charge on any atom is 0.229 e. The van der Waals surface area contributed by atoms with Crippen molar-refractivity contribution in [3.63, 3.8) is 0 Å². The van der Waals surface area contributed by atoms with Crippen molar-refractivity contribution in [1.29, 1.82) is 0 Å². The maximum atomic E-state index is 12.9. The molecule has 0 aliphatic heterocycles. The molecule has 0 saturated carbocycles. The summed E-state index contributed by atoms with van der Waals surface area (Å²) in [5, 5.41) is 2.59. The van der Waals surface area contributed by atoms with Crippen molar-refractivity contribution >= 4 is 11.7 Å². The third kappa shape index (κ3) is 3.61. The first kappa shape index (κ1) is 13.2. The highest BCUT2D eigenvalue weighted by Gasteiger charge is 2.07.